The lowest BCUT2D eigenvalue weighted by atomic mass is 9.95. The van der Waals surface area contributed by atoms with Crippen molar-refractivity contribution in [1.82, 2.24) is 10.2 Å². The second-order valence-corrected chi connectivity index (χ2v) is 5.19. The first-order chi connectivity index (χ1) is 9.17. The summed E-state index contributed by atoms with van der Waals surface area (Å²) in [6.07, 6.45) is 2.36. The Hall–Kier alpha value is -1.64. The molecule has 3 nitrogen and oxygen atoms in total. The van der Waals surface area contributed by atoms with Gasteiger partial charge in [0.15, 0.2) is 5.82 Å². The molecule has 1 unspecified atom stereocenters. The Bertz CT molecular complexity index is 547. The third-order valence-corrected chi connectivity index (χ3v) is 3.99. The summed E-state index contributed by atoms with van der Waals surface area (Å²) in [5, 5.41) is 14.5. The normalized spacial score (nSPS) is 12.9. The maximum absolute atomic E-state index is 4.34. The lowest BCUT2D eigenvalue weighted by molar-refractivity contribution is 0.437. The molecule has 1 N–H and O–H groups in total. The summed E-state index contributed by atoms with van der Waals surface area (Å²) in [5.41, 5.74) is 0.983. The summed E-state index contributed by atoms with van der Waals surface area (Å²) in [4.78, 5) is 0. The van der Waals surface area contributed by atoms with Crippen molar-refractivity contribution in [2.45, 2.75) is 46.6 Å². The highest BCUT2D eigenvalue weighted by Crippen LogP contribution is 2.24. The molecule has 102 valence electrons. The molecule has 0 aliphatic rings. The van der Waals surface area contributed by atoms with Gasteiger partial charge in [0.25, 0.3) is 0 Å². The highest BCUT2D eigenvalue weighted by atomic mass is 15.2. The summed E-state index contributed by atoms with van der Waals surface area (Å²) < 4.78 is 0. The fourth-order valence-corrected chi connectivity index (χ4v) is 2.67. The van der Waals surface area contributed by atoms with Gasteiger partial charge in [-0.1, -0.05) is 51.0 Å². The average molecular weight is 257 g/mol. The molecular weight excluding hydrogens is 234 g/mol. The number of aryl methyl sites for hydroxylation is 1. The Labute approximate surface area is 115 Å². The van der Waals surface area contributed by atoms with Crippen molar-refractivity contribution in [1.29, 1.82) is 0 Å². The first-order valence-electron chi connectivity index (χ1n) is 7.15. The van der Waals surface area contributed by atoms with Crippen LogP contribution in [0.3, 0.4) is 0 Å². The summed E-state index contributed by atoms with van der Waals surface area (Å²) in [5.74, 6) is 1.57. The molecule has 0 fully saturated rings. The molecule has 0 amide bonds. The number of fused-ring (bicyclic) bond motifs is 1. The molecule has 0 saturated heterocycles. The van der Waals surface area contributed by atoms with Crippen LogP contribution in [0.4, 0.5) is 5.82 Å². The van der Waals surface area contributed by atoms with Crippen LogP contribution in [-0.4, -0.2) is 16.2 Å². The third-order valence-electron chi connectivity index (χ3n) is 3.99. The molecule has 0 saturated carbocycles. The summed E-state index contributed by atoms with van der Waals surface area (Å²) in [6, 6.07) is 8.72. The number of nitrogens with one attached hydrogen (secondary N) is 1. The molecule has 2 aromatic rings. The molecule has 0 spiro atoms. The Kier molecular flexibility index (Phi) is 4.35. The standard InChI is InChI=1S/C16H23N3/c1-5-13(6-2)11(3)17-16-15-10-8-7-9-14(15)12(4)18-19-16/h7-11,13H,5-6H2,1-4H3,(H,17,19). The van der Waals surface area contributed by atoms with E-state index in [2.05, 4.69) is 54.5 Å². The van der Waals surface area contributed by atoms with E-state index in [4.69, 9.17) is 0 Å². The molecule has 1 aromatic heterocycles. The summed E-state index contributed by atoms with van der Waals surface area (Å²) in [7, 11) is 0. The molecule has 1 aromatic carbocycles. The zero-order chi connectivity index (χ0) is 13.8. The number of hydrogen-bond acceptors (Lipinski definition) is 3. The van der Waals surface area contributed by atoms with Gasteiger partial charge in [-0.3, -0.25) is 0 Å². The molecule has 2 rings (SSSR count). The van der Waals surface area contributed by atoms with Crippen LogP contribution in [0.5, 0.6) is 0 Å². The lowest BCUT2D eigenvalue weighted by Gasteiger charge is -2.23. The first kappa shape index (κ1) is 13.8. The van der Waals surface area contributed by atoms with E-state index in [1.54, 1.807) is 0 Å². The molecule has 1 atom stereocenters. The van der Waals surface area contributed by atoms with Crippen LogP contribution in [-0.2, 0) is 0 Å². The van der Waals surface area contributed by atoms with Crippen LogP contribution in [0.2, 0.25) is 0 Å². The van der Waals surface area contributed by atoms with E-state index in [0.29, 0.717) is 12.0 Å². The molecule has 0 aliphatic heterocycles. The molecular formula is C16H23N3. The molecule has 0 radical (unpaired) electrons. The Morgan fingerprint density at radius 2 is 1.68 bits per heavy atom. The van der Waals surface area contributed by atoms with Crippen LogP contribution in [0.25, 0.3) is 10.8 Å². The minimum absolute atomic E-state index is 0.412. The highest BCUT2D eigenvalue weighted by Gasteiger charge is 2.15. The highest BCUT2D eigenvalue weighted by molar-refractivity contribution is 5.92. The predicted octanol–water partition coefficient (Wildman–Crippen LogP) is 4.17. The molecule has 1 heterocycles. The molecule has 0 aliphatic carbocycles. The van der Waals surface area contributed by atoms with Crippen molar-refractivity contribution in [3.63, 3.8) is 0 Å². The number of benzene rings is 1. The fourth-order valence-electron chi connectivity index (χ4n) is 2.67. The maximum atomic E-state index is 4.34. The van der Waals surface area contributed by atoms with E-state index in [-0.39, 0.29) is 0 Å². The molecule has 3 heteroatoms. The topological polar surface area (TPSA) is 37.8 Å². The van der Waals surface area contributed by atoms with Crippen molar-refractivity contribution in [3.8, 4) is 0 Å². The summed E-state index contributed by atoms with van der Waals surface area (Å²) in [6.45, 7) is 8.72. The Morgan fingerprint density at radius 3 is 2.32 bits per heavy atom. The minimum atomic E-state index is 0.412. The van der Waals surface area contributed by atoms with Gasteiger partial charge in [-0.2, -0.15) is 5.10 Å². The number of hydrogen-bond donors (Lipinski definition) is 1. The maximum Gasteiger partial charge on any atom is 0.156 e. The SMILES string of the molecule is CCC(CC)C(C)Nc1nnc(C)c2ccccc12. The van der Waals surface area contributed by atoms with E-state index >= 15 is 0 Å². The quantitative estimate of drug-likeness (QED) is 0.873. The van der Waals surface area contributed by atoms with Crippen molar-refractivity contribution in [3.05, 3.63) is 30.0 Å². The monoisotopic (exact) mass is 257 g/mol. The van der Waals surface area contributed by atoms with Gasteiger partial charge in [-0.25, -0.2) is 0 Å². The van der Waals surface area contributed by atoms with Gasteiger partial charge in [-0.15, -0.1) is 5.10 Å². The van der Waals surface area contributed by atoms with E-state index in [9.17, 15) is 0 Å². The number of nitrogens with zero attached hydrogens (tertiary/aromatic N) is 2. The largest absolute Gasteiger partial charge is 0.365 e. The van der Waals surface area contributed by atoms with Crippen LogP contribution in [0.1, 0.15) is 39.3 Å². The van der Waals surface area contributed by atoms with Gasteiger partial charge in [0.2, 0.25) is 0 Å². The van der Waals surface area contributed by atoms with Crippen LogP contribution >= 0.6 is 0 Å². The first-order valence-corrected chi connectivity index (χ1v) is 7.15. The van der Waals surface area contributed by atoms with Gasteiger partial charge >= 0.3 is 0 Å². The van der Waals surface area contributed by atoms with E-state index < -0.39 is 0 Å². The molecule has 0 bridgehead atoms. The van der Waals surface area contributed by atoms with Crippen molar-refractivity contribution < 1.29 is 0 Å². The zero-order valence-electron chi connectivity index (χ0n) is 12.3. The zero-order valence-corrected chi connectivity index (χ0v) is 12.3. The Balaban J connectivity index is 2.33. The van der Waals surface area contributed by atoms with E-state index in [1.807, 2.05) is 13.0 Å². The third kappa shape index (κ3) is 2.86. The average Bonchev–Trinajstić information content (AvgIpc) is 2.44. The van der Waals surface area contributed by atoms with E-state index in [0.717, 1.165) is 16.9 Å². The second kappa shape index (κ2) is 6.00. The summed E-state index contributed by atoms with van der Waals surface area (Å²) >= 11 is 0. The van der Waals surface area contributed by atoms with Crippen LogP contribution < -0.4 is 5.32 Å². The van der Waals surface area contributed by atoms with Crippen LogP contribution in [0, 0.1) is 12.8 Å². The minimum Gasteiger partial charge on any atom is -0.365 e. The van der Waals surface area contributed by atoms with Crippen molar-refractivity contribution in [2.75, 3.05) is 5.32 Å². The number of aromatic nitrogens is 2. The lowest BCUT2D eigenvalue weighted by Crippen LogP contribution is -2.25. The van der Waals surface area contributed by atoms with Crippen LogP contribution in [0.15, 0.2) is 24.3 Å². The predicted molar refractivity (Wildman–Crippen MR) is 81.4 cm³/mol. The van der Waals surface area contributed by atoms with Gasteiger partial charge in [-0.05, 0) is 19.8 Å². The number of anilines is 1. The second-order valence-electron chi connectivity index (χ2n) is 5.19. The number of rotatable bonds is 5. The van der Waals surface area contributed by atoms with Crippen molar-refractivity contribution >= 4 is 16.6 Å². The van der Waals surface area contributed by atoms with Crippen molar-refractivity contribution in [2.24, 2.45) is 5.92 Å². The smallest absolute Gasteiger partial charge is 0.156 e. The Morgan fingerprint density at radius 1 is 1.05 bits per heavy atom. The van der Waals surface area contributed by atoms with Gasteiger partial charge in [0.1, 0.15) is 0 Å². The van der Waals surface area contributed by atoms with Gasteiger partial charge in [0.05, 0.1) is 5.69 Å². The van der Waals surface area contributed by atoms with Gasteiger partial charge in [0, 0.05) is 16.8 Å². The van der Waals surface area contributed by atoms with E-state index in [1.165, 1.54) is 18.2 Å². The molecule has 19 heavy (non-hydrogen) atoms. The fraction of sp³-hybridized carbons (Fsp3) is 0.500. The van der Waals surface area contributed by atoms with Gasteiger partial charge < -0.3 is 5.32 Å².